The molecule has 42 valence electrons. The molecule has 0 rings (SSSR count). The number of hydrogen-bond donors (Lipinski definition) is 2. The zero-order valence-corrected chi connectivity index (χ0v) is 4.39. The molecule has 0 aromatic rings. The summed E-state index contributed by atoms with van der Waals surface area (Å²) < 4.78 is 0. The smallest absolute Gasteiger partial charge is 0.103 e. The molecule has 0 saturated heterocycles. The molecule has 0 unspecified atom stereocenters. The van der Waals surface area contributed by atoms with E-state index in [1.807, 2.05) is 0 Å². The summed E-state index contributed by atoms with van der Waals surface area (Å²) >= 11 is 0. The van der Waals surface area contributed by atoms with Crippen LogP contribution < -0.4 is 0 Å². The van der Waals surface area contributed by atoms with E-state index >= 15 is 0 Å². The van der Waals surface area contributed by atoms with Crippen molar-refractivity contribution < 1.29 is 10.2 Å². The van der Waals surface area contributed by atoms with E-state index in [2.05, 4.69) is 6.58 Å². The Kier molecular flexibility index (Phi) is 1.99. The zero-order valence-electron chi connectivity index (χ0n) is 4.39. The molecule has 0 radical (unpaired) electrons. The summed E-state index contributed by atoms with van der Waals surface area (Å²) in [5.74, 6) is 0. The minimum absolute atomic E-state index is 0.267. The van der Waals surface area contributed by atoms with Gasteiger partial charge in [0.15, 0.2) is 0 Å². The Morgan fingerprint density at radius 3 is 2.29 bits per heavy atom. The van der Waals surface area contributed by atoms with Gasteiger partial charge in [-0.1, -0.05) is 6.08 Å². The Balaban J connectivity index is 3.58. The van der Waals surface area contributed by atoms with Crippen LogP contribution in [0.1, 0.15) is 6.92 Å². The predicted molar refractivity (Wildman–Crippen MR) is 27.9 cm³/mol. The summed E-state index contributed by atoms with van der Waals surface area (Å²) in [6.45, 7) is 4.51. The van der Waals surface area contributed by atoms with Crippen molar-refractivity contribution in [2.24, 2.45) is 0 Å². The second kappa shape index (κ2) is 2.09. The van der Waals surface area contributed by atoms with Crippen molar-refractivity contribution in [2.45, 2.75) is 12.5 Å². The van der Waals surface area contributed by atoms with Crippen molar-refractivity contribution in [3.05, 3.63) is 12.7 Å². The lowest BCUT2D eigenvalue weighted by Gasteiger charge is -2.12. The van der Waals surface area contributed by atoms with E-state index in [-0.39, 0.29) is 6.61 Å². The van der Waals surface area contributed by atoms with Crippen LogP contribution in [0.3, 0.4) is 0 Å². The molecule has 0 spiro atoms. The van der Waals surface area contributed by atoms with Crippen LogP contribution in [0.15, 0.2) is 12.7 Å². The maximum absolute atomic E-state index is 8.76. The number of hydrogen-bond acceptors (Lipinski definition) is 2. The van der Waals surface area contributed by atoms with Crippen molar-refractivity contribution >= 4 is 0 Å². The van der Waals surface area contributed by atoms with Crippen LogP contribution in [-0.2, 0) is 0 Å². The Bertz CT molecular complexity index is 66.5. The number of aliphatic hydroxyl groups is 2. The SMILES string of the molecule is C=C[C@](C)(O)CO. The number of aliphatic hydroxyl groups excluding tert-OH is 1. The molecule has 0 aliphatic heterocycles. The van der Waals surface area contributed by atoms with Gasteiger partial charge in [0.1, 0.15) is 5.60 Å². The lowest BCUT2D eigenvalue weighted by atomic mass is 10.1. The predicted octanol–water partition coefficient (Wildman–Crippen LogP) is -0.0843. The number of rotatable bonds is 2. The molecule has 2 N–H and O–H groups in total. The van der Waals surface area contributed by atoms with Gasteiger partial charge in [0, 0.05) is 0 Å². The van der Waals surface area contributed by atoms with E-state index in [0.717, 1.165) is 0 Å². The lowest BCUT2D eigenvalue weighted by Crippen LogP contribution is -2.24. The highest BCUT2D eigenvalue weighted by atomic mass is 16.3. The minimum atomic E-state index is -1.10. The van der Waals surface area contributed by atoms with Gasteiger partial charge in [-0.2, -0.15) is 0 Å². The van der Waals surface area contributed by atoms with E-state index in [9.17, 15) is 0 Å². The van der Waals surface area contributed by atoms with Gasteiger partial charge in [-0.15, -0.1) is 6.58 Å². The maximum atomic E-state index is 8.76. The molecule has 0 amide bonds. The molecule has 1 atom stereocenters. The van der Waals surface area contributed by atoms with Gasteiger partial charge in [-0.3, -0.25) is 0 Å². The van der Waals surface area contributed by atoms with Gasteiger partial charge >= 0.3 is 0 Å². The van der Waals surface area contributed by atoms with E-state index in [4.69, 9.17) is 10.2 Å². The standard InChI is InChI=1S/C5H10O2/c1-3-5(2,7)4-6/h3,6-7H,1,4H2,2H3/t5-/m0/s1. The molecular weight excluding hydrogens is 92.1 g/mol. The van der Waals surface area contributed by atoms with Gasteiger partial charge in [0.2, 0.25) is 0 Å². The summed E-state index contributed by atoms with van der Waals surface area (Å²) in [4.78, 5) is 0. The average molecular weight is 102 g/mol. The molecule has 0 fully saturated rings. The second-order valence-electron chi connectivity index (χ2n) is 1.72. The van der Waals surface area contributed by atoms with Crippen LogP contribution >= 0.6 is 0 Å². The largest absolute Gasteiger partial charge is 0.393 e. The molecule has 0 aliphatic carbocycles. The van der Waals surface area contributed by atoms with Crippen molar-refractivity contribution in [1.82, 2.24) is 0 Å². The zero-order chi connectivity index (χ0) is 5.91. The summed E-state index contributed by atoms with van der Waals surface area (Å²) in [6.07, 6.45) is 1.30. The summed E-state index contributed by atoms with van der Waals surface area (Å²) in [7, 11) is 0. The molecule has 0 saturated carbocycles. The third kappa shape index (κ3) is 2.37. The van der Waals surface area contributed by atoms with E-state index in [1.165, 1.54) is 13.0 Å². The summed E-state index contributed by atoms with van der Waals surface area (Å²) in [5.41, 5.74) is -1.10. The van der Waals surface area contributed by atoms with Crippen LogP contribution in [0.2, 0.25) is 0 Å². The van der Waals surface area contributed by atoms with Gasteiger partial charge in [0.25, 0.3) is 0 Å². The maximum Gasteiger partial charge on any atom is 0.103 e. The van der Waals surface area contributed by atoms with Crippen molar-refractivity contribution in [2.75, 3.05) is 6.61 Å². The topological polar surface area (TPSA) is 40.5 Å². The molecule has 0 heterocycles. The Morgan fingerprint density at radius 2 is 2.29 bits per heavy atom. The third-order valence-corrected chi connectivity index (χ3v) is 0.760. The minimum Gasteiger partial charge on any atom is -0.393 e. The van der Waals surface area contributed by atoms with E-state index in [0.29, 0.717) is 0 Å². The first kappa shape index (κ1) is 6.66. The van der Waals surface area contributed by atoms with E-state index < -0.39 is 5.60 Å². The van der Waals surface area contributed by atoms with Gasteiger partial charge in [-0.05, 0) is 6.92 Å². The van der Waals surface area contributed by atoms with Crippen molar-refractivity contribution in [1.29, 1.82) is 0 Å². The Labute approximate surface area is 43.1 Å². The van der Waals surface area contributed by atoms with Crippen LogP contribution in [0.5, 0.6) is 0 Å². The lowest BCUT2D eigenvalue weighted by molar-refractivity contribution is 0.0438. The fraction of sp³-hybridized carbons (Fsp3) is 0.600. The van der Waals surface area contributed by atoms with Crippen LogP contribution in [0.25, 0.3) is 0 Å². The van der Waals surface area contributed by atoms with Crippen LogP contribution in [0.4, 0.5) is 0 Å². The highest BCUT2D eigenvalue weighted by Gasteiger charge is 2.11. The molecule has 2 heteroatoms. The molecule has 0 bridgehead atoms. The summed E-state index contributed by atoms with van der Waals surface area (Å²) in [6, 6.07) is 0. The molecule has 7 heavy (non-hydrogen) atoms. The quantitative estimate of drug-likeness (QED) is 0.478. The highest BCUT2D eigenvalue weighted by molar-refractivity contribution is 4.90. The van der Waals surface area contributed by atoms with Crippen LogP contribution in [0, 0.1) is 0 Å². The highest BCUT2D eigenvalue weighted by Crippen LogP contribution is 1.99. The van der Waals surface area contributed by atoms with Crippen LogP contribution in [-0.4, -0.2) is 22.4 Å². The molecular formula is C5H10O2. The third-order valence-electron chi connectivity index (χ3n) is 0.760. The molecule has 2 nitrogen and oxygen atoms in total. The first-order chi connectivity index (χ1) is 3.12. The van der Waals surface area contributed by atoms with Gasteiger partial charge < -0.3 is 10.2 Å². The van der Waals surface area contributed by atoms with Gasteiger partial charge in [-0.25, -0.2) is 0 Å². The molecule has 0 aliphatic rings. The Hall–Kier alpha value is -0.340. The van der Waals surface area contributed by atoms with Crippen molar-refractivity contribution in [3.8, 4) is 0 Å². The summed E-state index contributed by atoms with van der Waals surface area (Å²) in [5, 5.41) is 17.0. The first-order valence-electron chi connectivity index (χ1n) is 2.09. The normalized spacial score (nSPS) is 18.1. The first-order valence-corrected chi connectivity index (χ1v) is 2.09. The fourth-order valence-corrected chi connectivity index (χ4v) is 0.0645. The van der Waals surface area contributed by atoms with E-state index in [1.54, 1.807) is 0 Å². The fourth-order valence-electron chi connectivity index (χ4n) is 0.0645. The molecule has 0 aromatic carbocycles. The Morgan fingerprint density at radius 1 is 1.86 bits per heavy atom. The second-order valence-corrected chi connectivity index (χ2v) is 1.72. The van der Waals surface area contributed by atoms with Crippen molar-refractivity contribution in [3.63, 3.8) is 0 Å². The monoisotopic (exact) mass is 102 g/mol. The van der Waals surface area contributed by atoms with Gasteiger partial charge in [0.05, 0.1) is 6.61 Å². The average Bonchev–Trinajstić information content (AvgIpc) is 1.68. The molecule has 0 aromatic heterocycles.